The zero-order valence-electron chi connectivity index (χ0n) is 20.8. The number of rotatable bonds is 6. The van der Waals surface area contributed by atoms with Crippen molar-refractivity contribution in [3.8, 4) is 11.1 Å². The number of hydrogen-bond acceptors (Lipinski definition) is 5. The van der Waals surface area contributed by atoms with E-state index in [-0.39, 0.29) is 0 Å². The van der Waals surface area contributed by atoms with Crippen molar-refractivity contribution in [3.05, 3.63) is 77.6 Å². The van der Waals surface area contributed by atoms with Gasteiger partial charge in [0.2, 0.25) is 5.91 Å². The number of aromatic nitrogens is 4. The van der Waals surface area contributed by atoms with E-state index in [0.717, 1.165) is 84.9 Å². The summed E-state index contributed by atoms with van der Waals surface area (Å²) in [6.07, 6.45) is 7.77. The first-order valence-corrected chi connectivity index (χ1v) is 13.0. The van der Waals surface area contributed by atoms with E-state index in [0.29, 0.717) is 18.2 Å². The zero-order chi connectivity index (χ0) is 24.5. The van der Waals surface area contributed by atoms with Crippen LogP contribution in [0.3, 0.4) is 0 Å². The lowest BCUT2D eigenvalue weighted by Crippen LogP contribution is -2.50. The van der Waals surface area contributed by atoms with Crippen LogP contribution in [0.4, 0.5) is 0 Å². The Morgan fingerprint density at radius 3 is 2.56 bits per heavy atom. The summed E-state index contributed by atoms with van der Waals surface area (Å²) in [7, 11) is 0. The molecule has 6 rings (SSSR count). The van der Waals surface area contributed by atoms with Crippen molar-refractivity contribution in [2.75, 3.05) is 26.2 Å². The molecule has 4 aromatic rings. The molecule has 3 aromatic heterocycles. The Labute approximate surface area is 211 Å². The van der Waals surface area contributed by atoms with E-state index in [9.17, 15) is 4.79 Å². The van der Waals surface area contributed by atoms with E-state index in [2.05, 4.69) is 61.1 Å². The lowest BCUT2D eigenvalue weighted by molar-refractivity contribution is -0.140. The average Bonchev–Trinajstić information content (AvgIpc) is 3.25. The predicted molar refractivity (Wildman–Crippen MR) is 140 cm³/mol. The Morgan fingerprint density at radius 2 is 1.78 bits per heavy atom. The van der Waals surface area contributed by atoms with Crippen LogP contribution in [0.2, 0.25) is 0 Å². The number of hydrogen-bond donors (Lipinski definition) is 1. The van der Waals surface area contributed by atoms with Crippen LogP contribution >= 0.6 is 0 Å². The van der Waals surface area contributed by atoms with Crippen molar-refractivity contribution in [1.82, 2.24) is 29.7 Å². The van der Waals surface area contributed by atoms with Gasteiger partial charge in [-0.25, -0.2) is 4.98 Å². The van der Waals surface area contributed by atoms with Gasteiger partial charge in [-0.05, 0) is 72.9 Å². The highest BCUT2D eigenvalue weighted by Gasteiger charge is 2.31. The maximum absolute atomic E-state index is 12.5. The van der Waals surface area contributed by atoms with E-state index in [4.69, 9.17) is 4.98 Å². The Kier molecular flexibility index (Phi) is 6.23. The van der Waals surface area contributed by atoms with Crippen LogP contribution in [0.1, 0.15) is 42.0 Å². The zero-order valence-corrected chi connectivity index (χ0v) is 20.8. The van der Waals surface area contributed by atoms with Crippen LogP contribution in [-0.4, -0.2) is 61.8 Å². The van der Waals surface area contributed by atoms with E-state index in [1.807, 2.05) is 25.4 Å². The Bertz CT molecular complexity index is 1380. The van der Waals surface area contributed by atoms with Gasteiger partial charge in [-0.1, -0.05) is 12.5 Å². The molecule has 1 saturated carbocycles. The Morgan fingerprint density at radius 1 is 0.972 bits per heavy atom. The number of aromatic amines is 1. The van der Waals surface area contributed by atoms with Gasteiger partial charge in [-0.2, -0.15) is 0 Å². The number of imidazole rings is 1. The van der Waals surface area contributed by atoms with Gasteiger partial charge in [0, 0.05) is 68.8 Å². The maximum atomic E-state index is 12.5. The van der Waals surface area contributed by atoms with E-state index >= 15 is 0 Å². The van der Waals surface area contributed by atoms with E-state index in [1.165, 1.54) is 12.0 Å². The van der Waals surface area contributed by atoms with Crippen molar-refractivity contribution in [2.24, 2.45) is 5.92 Å². The minimum absolute atomic E-state index is 0.295. The fourth-order valence-electron chi connectivity index (χ4n) is 5.24. The summed E-state index contributed by atoms with van der Waals surface area (Å²) < 4.78 is 0. The average molecular weight is 481 g/mol. The maximum Gasteiger partial charge on any atom is 0.225 e. The van der Waals surface area contributed by atoms with Crippen LogP contribution < -0.4 is 0 Å². The minimum Gasteiger partial charge on any atom is -0.342 e. The molecule has 0 spiro atoms. The molecule has 7 heteroatoms. The normalized spacial score (nSPS) is 16.9. The summed E-state index contributed by atoms with van der Waals surface area (Å²) in [6, 6.07) is 14.7. The molecule has 1 N–H and O–H groups in total. The lowest BCUT2D eigenvalue weighted by atomic mass is 9.84. The van der Waals surface area contributed by atoms with Crippen LogP contribution in [0, 0.1) is 12.8 Å². The van der Waals surface area contributed by atoms with Gasteiger partial charge in [0.25, 0.3) is 0 Å². The number of nitrogens with one attached hydrogen (secondary N) is 1. The van der Waals surface area contributed by atoms with Crippen LogP contribution in [0.5, 0.6) is 0 Å². The van der Waals surface area contributed by atoms with E-state index in [1.54, 1.807) is 0 Å². The number of pyridine rings is 2. The number of carbonyl (C=O) groups excluding carboxylic acids is 1. The van der Waals surface area contributed by atoms with Gasteiger partial charge in [-0.3, -0.25) is 19.7 Å². The molecule has 0 radical (unpaired) electrons. The number of aryl methyl sites for hydroxylation is 1. The van der Waals surface area contributed by atoms with Crippen molar-refractivity contribution in [1.29, 1.82) is 0 Å². The number of H-pyrrole nitrogens is 1. The highest BCUT2D eigenvalue weighted by Crippen LogP contribution is 2.29. The quantitative estimate of drug-likeness (QED) is 0.444. The first-order chi connectivity index (χ1) is 17.6. The SMILES string of the molecule is Cc1cc(-c2ccc3nc(Cc4cc(CN5CCN(C(=O)C6CCC6)CC5)ccn4)[nH]c3c2)ccn1. The summed E-state index contributed by atoms with van der Waals surface area (Å²) in [5.41, 5.74) is 7.57. The fraction of sp³-hybridized carbons (Fsp3) is 0.379. The van der Waals surface area contributed by atoms with Gasteiger partial charge in [0.1, 0.15) is 5.82 Å². The second kappa shape index (κ2) is 9.82. The molecular formula is C29H32N6O. The van der Waals surface area contributed by atoms with Crippen molar-refractivity contribution >= 4 is 16.9 Å². The number of carbonyl (C=O) groups is 1. The smallest absolute Gasteiger partial charge is 0.225 e. The number of amides is 1. The molecule has 1 aliphatic carbocycles. The Balaban J connectivity index is 1.10. The van der Waals surface area contributed by atoms with Gasteiger partial charge in [0.15, 0.2) is 0 Å². The number of nitrogens with zero attached hydrogens (tertiary/aromatic N) is 5. The molecule has 7 nitrogen and oxygen atoms in total. The lowest BCUT2D eigenvalue weighted by Gasteiger charge is -2.38. The van der Waals surface area contributed by atoms with Crippen LogP contribution in [0.15, 0.2) is 54.9 Å². The second-order valence-electron chi connectivity index (χ2n) is 10.2. The molecule has 4 heterocycles. The molecule has 184 valence electrons. The molecule has 1 amide bonds. The van der Waals surface area contributed by atoms with Gasteiger partial charge >= 0.3 is 0 Å². The fourth-order valence-corrected chi connectivity index (χ4v) is 5.24. The van der Waals surface area contributed by atoms with Gasteiger partial charge in [-0.15, -0.1) is 0 Å². The molecular weight excluding hydrogens is 448 g/mol. The first-order valence-electron chi connectivity index (χ1n) is 13.0. The molecule has 0 unspecified atom stereocenters. The molecule has 1 aliphatic heterocycles. The molecule has 0 atom stereocenters. The number of fused-ring (bicyclic) bond motifs is 1. The molecule has 36 heavy (non-hydrogen) atoms. The minimum atomic E-state index is 0.295. The van der Waals surface area contributed by atoms with Crippen LogP contribution in [0.25, 0.3) is 22.2 Å². The largest absolute Gasteiger partial charge is 0.342 e. The molecule has 1 saturated heterocycles. The standard InChI is InChI=1S/C29H32N6O/c1-20-15-24(8-10-30-20)23-5-6-26-27(17-23)33-28(32-26)18-25-16-21(7-9-31-25)19-34-11-13-35(14-12-34)29(36)22-3-2-4-22/h5-10,15-17,22H,2-4,11-14,18-19H2,1H3,(H,32,33). The van der Waals surface area contributed by atoms with Crippen LogP contribution in [-0.2, 0) is 17.8 Å². The van der Waals surface area contributed by atoms with Gasteiger partial charge in [0.05, 0.1) is 11.0 Å². The van der Waals surface area contributed by atoms with E-state index < -0.39 is 0 Å². The summed E-state index contributed by atoms with van der Waals surface area (Å²) >= 11 is 0. The number of piperazine rings is 1. The topological polar surface area (TPSA) is 78.0 Å². The van der Waals surface area contributed by atoms with Gasteiger partial charge < -0.3 is 9.88 Å². The summed E-state index contributed by atoms with van der Waals surface area (Å²) in [6.45, 7) is 6.43. The molecule has 2 aliphatic rings. The second-order valence-corrected chi connectivity index (χ2v) is 10.2. The molecule has 1 aromatic carbocycles. The van der Waals surface area contributed by atoms with Crippen molar-refractivity contribution < 1.29 is 4.79 Å². The number of benzene rings is 1. The predicted octanol–water partition coefficient (Wildman–Crippen LogP) is 4.36. The Hall–Kier alpha value is -3.58. The molecule has 2 fully saturated rings. The third kappa shape index (κ3) is 4.88. The first kappa shape index (κ1) is 22.9. The van der Waals surface area contributed by atoms with Crippen molar-refractivity contribution in [2.45, 2.75) is 39.2 Å². The monoisotopic (exact) mass is 480 g/mol. The highest BCUT2D eigenvalue weighted by molar-refractivity contribution is 5.82. The highest BCUT2D eigenvalue weighted by atomic mass is 16.2. The third-order valence-electron chi connectivity index (χ3n) is 7.54. The third-order valence-corrected chi connectivity index (χ3v) is 7.54. The molecule has 0 bridgehead atoms. The summed E-state index contributed by atoms with van der Waals surface area (Å²) in [5, 5.41) is 0. The summed E-state index contributed by atoms with van der Waals surface area (Å²) in [4.78, 5) is 34.2. The van der Waals surface area contributed by atoms with Crippen molar-refractivity contribution in [3.63, 3.8) is 0 Å². The summed E-state index contributed by atoms with van der Waals surface area (Å²) in [5.74, 6) is 1.59.